The number of nitrogens with zero attached hydrogens (tertiary/aromatic N) is 1. The van der Waals surface area contributed by atoms with Crippen molar-refractivity contribution in [3.63, 3.8) is 0 Å². The average Bonchev–Trinajstić information content (AvgIpc) is 2.23. The third-order valence-corrected chi connectivity index (χ3v) is 2.24. The normalized spacial score (nSPS) is 10.5. The third kappa shape index (κ3) is 1.78. The molecule has 0 atom stereocenters. The van der Waals surface area contributed by atoms with E-state index >= 15 is 0 Å². The molecule has 2 aromatic rings. The summed E-state index contributed by atoms with van der Waals surface area (Å²) in [5, 5.41) is 0. The predicted molar refractivity (Wildman–Crippen MR) is 54.3 cm³/mol. The van der Waals surface area contributed by atoms with Crippen molar-refractivity contribution in [2.45, 2.75) is 6.92 Å². The maximum atomic E-state index is 13.4. The van der Waals surface area contributed by atoms with Crippen molar-refractivity contribution in [3.05, 3.63) is 53.5 Å². The Balaban J connectivity index is 2.63. The number of aromatic nitrogens is 1. The molecule has 4 heteroatoms. The van der Waals surface area contributed by atoms with Gasteiger partial charge in [0.15, 0.2) is 0 Å². The smallest absolute Gasteiger partial charge is 0.144 e. The molecule has 0 fully saturated rings. The molecule has 0 spiro atoms. The highest BCUT2D eigenvalue weighted by Crippen LogP contribution is 2.24. The maximum Gasteiger partial charge on any atom is 0.144 e. The minimum atomic E-state index is -0.710. The molecule has 1 aromatic heterocycles. The predicted octanol–water partition coefficient (Wildman–Crippen LogP) is 3.47. The fourth-order valence-corrected chi connectivity index (χ4v) is 1.43. The van der Waals surface area contributed by atoms with Gasteiger partial charge >= 0.3 is 0 Å². The van der Waals surface area contributed by atoms with Crippen molar-refractivity contribution in [1.82, 2.24) is 4.98 Å². The quantitative estimate of drug-likeness (QED) is 0.721. The molecule has 0 N–H and O–H groups in total. The molecule has 0 aliphatic heterocycles. The lowest BCUT2D eigenvalue weighted by atomic mass is 10.1. The molecule has 0 aliphatic carbocycles. The monoisotopic (exact) mass is 223 g/mol. The van der Waals surface area contributed by atoms with E-state index < -0.39 is 17.5 Å². The van der Waals surface area contributed by atoms with E-state index in [9.17, 15) is 13.2 Å². The summed E-state index contributed by atoms with van der Waals surface area (Å²) < 4.78 is 39.8. The second-order valence-electron chi connectivity index (χ2n) is 3.36. The molecule has 0 unspecified atom stereocenters. The van der Waals surface area contributed by atoms with Gasteiger partial charge in [-0.25, -0.2) is 18.2 Å². The van der Waals surface area contributed by atoms with Crippen LogP contribution in [0.5, 0.6) is 0 Å². The number of hydrogen-bond donors (Lipinski definition) is 0. The van der Waals surface area contributed by atoms with Crippen molar-refractivity contribution in [1.29, 1.82) is 0 Å². The van der Waals surface area contributed by atoms with Crippen LogP contribution in [0, 0.1) is 24.4 Å². The SMILES string of the molecule is Cc1nc(-c2c(F)cccc2F)ccc1F. The summed E-state index contributed by atoms with van der Waals surface area (Å²) in [6, 6.07) is 5.94. The van der Waals surface area contributed by atoms with E-state index in [4.69, 9.17) is 0 Å². The molecule has 0 saturated heterocycles. The number of benzene rings is 1. The molecular formula is C12H8F3N. The van der Waals surface area contributed by atoms with E-state index in [1.54, 1.807) is 0 Å². The van der Waals surface area contributed by atoms with Gasteiger partial charge in [-0.05, 0) is 31.2 Å². The van der Waals surface area contributed by atoms with E-state index in [1.165, 1.54) is 19.1 Å². The first-order valence-corrected chi connectivity index (χ1v) is 4.67. The minimum Gasteiger partial charge on any atom is -0.250 e. The van der Waals surface area contributed by atoms with Crippen LogP contribution in [0.15, 0.2) is 30.3 Å². The van der Waals surface area contributed by atoms with Crippen molar-refractivity contribution in [3.8, 4) is 11.3 Å². The fraction of sp³-hybridized carbons (Fsp3) is 0.0833. The Hall–Kier alpha value is -1.84. The van der Waals surface area contributed by atoms with Crippen LogP contribution in [0.3, 0.4) is 0 Å². The van der Waals surface area contributed by atoms with Crippen LogP contribution < -0.4 is 0 Å². The summed E-state index contributed by atoms with van der Waals surface area (Å²) in [6.07, 6.45) is 0. The third-order valence-electron chi connectivity index (χ3n) is 2.24. The van der Waals surface area contributed by atoms with Crippen molar-refractivity contribution in [2.75, 3.05) is 0 Å². The van der Waals surface area contributed by atoms with E-state index in [0.29, 0.717) is 0 Å². The first-order valence-electron chi connectivity index (χ1n) is 4.67. The van der Waals surface area contributed by atoms with Gasteiger partial charge < -0.3 is 0 Å². The summed E-state index contributed by atoms with van der Waals surface area (Å²) in [6.45, 7) is 1.44. The van der Waals surface area contributed by atoms with Crippen LogP contribution in [0.25, 0.3) is 11.3 Å². The Morgan fingerprint density at radius 2 is 1.50 bits per heavy atom. The van der Waals surface area contributed by atoms with Crippen molar-refractivity contribution < 1.29 is 13.2 Å². The number of rotatable bonds is 1. The molecule has 0 aliphatic rings. The molecule has 16 heavy (non-hydrogen) atoms. The van der Waals surface area contributed by atoms with Gasteiger partial charge in [-0.15, -0.1) is 0 Å². The van der Waals surface area contributed by atoms with Crippen molar-refractivity contribution >= 4 is 0 Å². The topological polar surface area (TPSA) is 12.9 Å². The Morgan fingerprint density at radius 1 is 0.875 bits per heavy atom. The highest BCUT2D eigenvalue weighted by Gasteiger charge is 2.13. The number of hydrogen-bond acceptors (Lipinski definition) is 1. The average molecular weight is 223 g/mol. The van der Waals surface area contributed by atoms with Gasteiger partial charge in [0.1, 0.15) is 17.5 Å². The summed E-state index contributed by atoms with van der Waals surface area (Å²) >= 11 is 0. The summed E-state index contributed by atoms with van der Waals surface area (Å²) in [7, 11) is 0. The van der Waals surface area contributed by atoms with Crippen LogP contribution in [-0.4, -0.2) is 4.98 Å². The Labute approximate surface area is 90.6 Å². The molecule has 82 valence electrons. The van der Waals surface area contributed by atoms with Gasteiger partial charge in [-0.3, -0.25) is 0 Å². The Morgan fingerprint density at radius 3 is 2.06 bits per heavy atom. The van der Waals surface area contributed by atoms with Crippen molar-refractivity contribution in [2.24, 2.45) is 0 Å². The molecule has 0 bridgehead atoms. The molecule has 1 heterocycles. The molecular weight excluding hydrogens is 215 g/mol. The summed E-state index contributed by atoms with van der Waals surface area (Å²) in [4.78, 5) is 3.81. The van der Waals surface area contributed by atoms with Gasteiger partial charge in [-0.2, -0.15) is 0 Å². The van der Waals surface area contributed by atoms with Gasteiger partial charge in [0.25, 0.3) is 0 Å². The lowest BCUT2D eigenvalue weighted by molar-refractivity contribution is 0.586. The number of pyridine rings is 1. The van der Waals surface area contributed by atoms with Gasteiger partial charge in [0, 0.05) is 0 Å². The number of aryl methyl sites for hydroxylation is 1. The molecule has 0 radical (unpaired) electrons. The first kappa shape index (κ1) is 10.7. The Bertz CT molecular complexity index is 518. The lowest BCUT2D eigenvalue weighted by Gasteiger charge is -2.05. The minimum absolute atomic E-state index is 0.0921. The Kier molecular flexibility index (Phi) is 2.64. The van der Waals surface area contributed by atoms with E-state index in [1.807, 2.05) is 0 Å². The zero-order chi connectivity index (χ0) is 11.7. The number of halogens is 3. The molecule has 1 aromatic carbocycles. The van der Waals surface area contributed by atoms with Gasteiger partial charge in [0.2, 0.25) is 0 Å². The standard InChI is InChI=1S/C12H8F3N/c1-7-8(13)5-6-11(16-7)12-9(14)3-2-4-10(12)15/h2-6H,1H3. The van der Waals surface area contributed by atoms with E-state index in [-0.39, 0.29) is 17.0 Å². The highest BCUT2D eigenvalue weighted by atomic mass is 19.1. The summed E-state index contributed by atoms with van der Waals surface area (Å²) in [5.74, 6) is -1.92. The van der Waals surface area contributed by atoms with Gasteiger partial charge in [-0.1, -0.05) is 6.07 Å². The zero-order valence-electron chi connectivity index (χ0n) is 8.47. The second-order valence-corrected chi connectivity index (χ2v) is 3.36. The molecule has 0 amide bonds. The van der Waals surface area contributed by atoms with Crippen LogP contribution >= 0.6 is 0 Å². The zero-order valence-corrected chi connectivity index (χ0v) is 8.47. The fourth-order valence-electron chi connectivity index (χ4n) is 1.43. The summed E-state index contributed by atoms with van der Waals surface area (Å²) in [5.41, 5.74) is -0.0275. The maximum absolute atomic E-state index is 13.4. The largest absolute Gasteiger partial charge is 0.250 e. The van der Waals surface area contributed by atoms with Crippen LogP contribution in [-0.2, 0) is 0 Å². The van der Waals surface area contributed by atoms with Crippen LogP contribution in [0.4, 0.5) is 13.2 Å². The molecule has 0 saturated carbocycles. The molecule has 1 nitrogen and oxygen atoms in total. The van der Waals surface area contributed by atoms with Crippen LogP contribution in [0.2, 0.25) is 0 Å². The van der Waals surface area contributed by atoms with Gasteiger partial charge in [0.05, 0.1) is 17.0 Å². The second kappa shape index (κ2) is 3.96. The van der Waals surface area contributed by atoms with E-state index in [0.717, 1.165) is 18.2 Å². The first-order chi connectivity index (χ1) is 7.59. The molecule has 2 rings (SSSR count). The lowest BCUT2D eigenvalue weighted by Crippen LogP contribution is -1.95. The van der Waals surface area contributed by atoms with E-state index in [2.05, 4.69) is 4.98 Å². The highest BCUT2D eigenvalue weighted by molar-refractivity contribution is 5.60. The van der Waals surface area contributed by atoms with Crippen LogP contribution in [0.1, 0.15) is 5.69 Å².